The Morgan fingerprint density at radius 3 is 2.44 bits per heavy atom. The first-order valence-corrected chi connectivity index (χ1v) is 18.5. The van der Waals surface area contributed by atoms with Crippen LogP contribution in [0.5, 0.6) is 0 Å². The fourth-order valence-corrected chi connectivity index (χ4v) is 9.41. The summed E-state index contributed by atoms with van der Waals surface area (Å²) in [7, 11) is 0. The minimum absolute atomic E-state index is 0.0377. The Bertz CT molecular complexity index is 1530. The Labute approximate surface area is 290 Å². The fourth-order valence-electron chi connectivity index (χ4n) is 9.41. The third-order valence-electron chi connectivity index (χ3n) is 12.3. The van der Waals surface area contributed by atoms with Crippen molar-refractivity contribution in [2.75, 3.05) is 13.2 Å². The average Bonchev–Trinajstić information content (AvgIpc) is 4.00. The Hall–Kier alpha value is -2.91. The molecule has 4 saturated carbocycles. The number of carbonyl (C=O) groups is 3. The van der Waals surface area contributed by atoms with Crippen molar-refractivity contribution >= 4 is 23.9 Å². The van der Waals surface area contributed by atoms with Crippen LogP contribution in [0.15, 0.2) is 30.3 Å². The first-order valence-electron chi connectivity index (χ1n) is 18.5. The van der Waals surface area contributed by atoms with Crippen LogP contribution in [0, 0.1) is 23.2 Å². The van der Waals surface area contributed by atoms with Gasteiger partial charge in [-0.15, -0.1) is 0 Å². The number of carbonyl (C=O) groups excluding carboxylic acids is 3. The van der Waals surface area contributed by atoms with Crippen LogP contribution in [0.1, 0.15) is 69.4 Å². The molecule has 13 heteroatoms. The van der Waals surface area contributed by atoms with Crippen molar-refractivity contribution in [3.05, 3.63) is 41.5 Å². The zero-order chi connectivity index (χ0) is 34.4. The molecule has 4 N–H and O–H groups in total. The number of hydroxylamine groups is 2. The molecule has 270 valence electrons. The lowest BCUT2D eigenvalue weighted by molar-refractivity contribution is -0.235. The number of amides is 2. The van der Waals surface area contributed by atoms with Crippen LogP contribution in [-0.2, 0) is 44.7 Å². The number of rotatable bonds is 12. The summed E-state index contributed by atoms with van der Waals surface area (Å²) in [6.45, 7) is 1.28. The van der Waals surface area contributed by atoms with Crippen molar-refractivity contribution in [2.45, 2.75) is 125 Å². The Morgan fingerprint density at radius 1 is 1.02 bits per heavy atom. The van der Waals surface area contributed by atoms with Gasteiger partial charge in [-0.25, -0.2) is 0 Å². The van der Waals surface area contributed by atoms with E-state index in [1.54, 1.807) is 5.06 Å². The first kappa shape index (κ1) is 33.0. The molecule has 8 aliphatic rings. The number of hydrogen-bond donors (Lipinski definition) is 4. The van der Waals surface area contributed by atoms with E-state index in [0.29, 0.717) is 18.1 Å². The molecule has 4 saturated heterocycles. The minimum Gasteiger partial charge on any atom is -0.458 e. The number of esters is 1. The van der Waals surface area contributed by atoms with Crippen molar-refractivity contribution < 1.29 is 48.4 Å². The van der Waals surface area contributed by atoms with E-state index >= 15 is 0 Å². The van der Waals surface area contributed by atoms with Gasteiger partial charge >= 0.3 is 5.97 Å². The smallest absolute Gasteiger partial charge is 0.327 e. The molecule has 1 aromatic rings. The van der Waals surface area contributed by atoms with E-state index in [2.05, 4.69) is 22.8 Å². The standard InChI is InChI=1S/C37H47N3O10/c1-19(42)28(33(43)38-14-15-41)39-35(45)36-17-27-29-30(49-37(48-29,23-9-10-23)24-11-12-24)32(36)50-40(31(36)34(44)47-27)18-22-6-3-20(4-7-22)2-5-21-8-13-25-26(16-21)46-25/h2-7,19,21,23-32,41-42H,8-18H2,1H3,(H,38,43)(H,39,45)/t19-,21?,25?,26?,27+,28+,29-,30-,31-,32+,36-/m0/s1. The molecular weight excluding hydrogens is 646 g/mol. The van der Waals surface area contributed by atoms with Gasteiger partial charge in [0, 0.05) is 24.8 Å². The van der Waals surface area contributed by atoms with Gasteiger partial charge in [-0.3, -0.25) is 19.2 Å². The average molecular weight is 694 g/mol. The topological polar surface area (TPSA) is 168 Å². The monoisotopic (exact) mass is 693 g/mol. The molecule has 4 aliphatic heterocycles. The predicted octanol–water partition coefficient (Wildman–Crippen LogP) is 1.34. The summed E-state index contributed by atoms with van der Waals surface area (Å²) in [5.41, 5.74) is 0.470. The highest BCUT2D eigenvalue weighted by Gasteiger charge is 2.78. The summed E-state index contributed by atoms with van der Waals surface area (Å²) in [4.78, 5) is 48.4. The van der Waals surface area contributed by atoms with Gasteiger partial charge in [-0.1, -0.05) is 36.4 Å². The normalized spacial score (nSPS) is 39.3. The zero-order valence-corrected chi connectivity index (χ0v) is 28.3. The van der Waals surface area contributed by atoms with Crippen LogP contribution in [0.2, 0.25) is 0 Å². The van der Waals surface area contributed by atoms with Crippen LogP contribution in [0.3, 0.4) is 0 Å². The van der Waals surface area contributed by atoms with Crippen LogP contribution < -0.4 is 10.6 Å². The molecule has 13 nitrogen and oxygen atoms in total. The number of aliphatic hydroxyl groups is 2. The molecule has 0 radical (unpaired) electrons. The van der Waals surface area contributed by atoms with E-state index in [9.17, 15) is 24.6 Å². The minimum atomic E-state index is -1.48. The number of allylic oxidation sites excluding steroid dienone is 1. The molecule has 8 fully saturated rings. The van der Waals surface area contributed by atoms with Crippen LogP contribution in [0.4, 0.5) is 0 Å². The van der Waals surface area contributed by atoms with Crippen LogP contribution >= 0.6 is 0 Å². The molecule has 2 amide bonds. The highest BCUT2D eigenvalue weighted by molar-refractivity contribution is 5.96. The lowest BCUT2D eigenvalue weighted by Crippen LogP contribution is -2.71. The SMILES string of the molecule is C[C@H](O)[C@@H](NC(=O)[C@@]12C[C@H]3OC(=O)[C@@H]1N(Cc1ccc(C=CC4CCC5OC5C4)cc1)O[C@@H]2[C@H]1OC(C2CC2)(C2CC2)O[C@H]13)C(=O)NCCO. The van der Waals surface area contributed by atoms with E-state index in [4.69, 9.17) is 23.8 Å². The molecule has 9 rings (SSSR count). The van der Waals surface area contributed by atoms with Crippen LogP contribution in [-0.4, -0.2) is 107 Å². The molecule has 2 bridgehead atoms. The summed E-state index contributed by atoms with van der Waals surface area (Å²) in [6.07, 6.45) is 8.57. The van der Waals surface area contributed by atoms with Gasteiger partial charge in [0.05, 0.1) is 31.5 Å². The van der Waals surface area contributed by atoms with E-state index in [0.717, 1.165) is 56.1 Å². The molecule has 11 atom stereocenters. The number of nitrogens with zero attached hydrogens (tertiary/aromatic N) is 1. The van der Waals surface area contributed by atoms with Gasteiger partial charge in [0.15, 0.2) is 11.8 Å². The highest BCUT2D eigenvalue weighted by atomic mass is 16.8. The number of aliphatic hydroxyl groups excluding tert-OH is 2. The molecule has 4 aliphatic carbocycles. The maximum absolute atomic E-state index is 14.7. The molecule has 4 heterocycles. The lowest BCUT2D eigenvalue weighted by Gasteiger charge is -2.49. The lowest BCUT2D eigenvalue weighted by atomic mass is 9.62. The molecule has 0 spiro atoms. The Kier molecular flexibility index (Phi) is 8.14. The second-order valence-corrected chi connectivity index (χ2v) is 15.8. The molecule has 0 aromatic heterocycles. The quantitative estimate of drug-likeness (QED) is 0.184. The molecule has 50 heavy (non-hydrogen) atoms. The van der Waals surface area contributed by atoms with Crippen molar-refractivity contribution in [3.8, 4) is 0 Å². The predicted molar refractivity (Wildman–Crippen MR) is 174 cm³/mol. The first-order chi connectivity index (χ1) is 24.2. The summed E-state index contributed by atoms with van der Waals surface area (Å²) < 4.78 is 25.5. The van der Waals surface area contributed by atoms with Crippen molar-refractivity contribution in [3.63, 3.8) is 0 Å². The van der Waals surface area contributed by atoms with Gasteiger partial charge in [-0.2, -0.15) is 5.06 Å². The summed E-state index contributed by atoms with van der Waals surface area (Å²) in [6, 6.07) is 5.61. The van der Waals surface area contributed by atoms with Gasteiger partial charge in [-0.05, 0) is 68.9 Å². The highest BCUT2D eigenvalue weighted by Crippen LogP contribution is 2.63. The van der Waals surface area contributed by atoms with E-state index in [1.165, 1.54) is 6.92 Å². The van der Waals surface area contributed by atoms with E-state index in [1.807, 2.05) is 24.3 Å². The molecule has 1 aromatic carbocycles. The fraction of sp³-hybridized carbons (Fsp3) is 0.703. The van der Waals surface area contributed by atoms with Crippen molar-refractivity contribution in [1.82, 2.24) is 15.7 Å². The van der Waals surface area contributed by atoms with Crippen LogP contribution in [0.25, 0.3) is 6.08 Å². The third kappa shape index (κ3) is 5.51. The van der Waals surface area contributed by atoms with Crippen molar-refractivity contribution in [1.29, 1.82) is 0 Å². The number of fused-ring (bicyclic) bond motifs is 5. The Morgan fingerprint density at radius 2 is 1.76 bits per heavy atom. The van der Waals surface area contributed by atoms with Gasteiger partial charge in [0.2, 0.25) is 11.8 Å². The Balaban J connectivity index is 1.00. The van der Waals surface area contributed by atoms with E-state index < -0.39 is 71.6 Å². The summed E-state index contributed by atoms with van der Waals surface area (Å²) in [5, 5.41) is 26.7. The van der Waals surface area contributed by atoms with Gasteiger partial charge in [0.25, 0.3) is 0 Å². The molecular formula is C37H47N3O10. The van der Waals surface area contributed by atoms with Gasteiger partial charge < -0.3 is 39.8 Å². The summed E-state index contributed by atoms with van der Waals surface area (Å²) in [5.74, 6) is -1.61. The maximum Gasteiger partial charge on any atom is 0.327 e. The number of hydrogen-bond acceptors (Lipinski definition) is 11. The van der Waals surface area contributed by atoms with E-state index in [-0.39, 0.29) is 38.0 Å². The van der Waals surface area contributed by atoms with Crippen molar-refractivity contribution in [2.24, 2.45) is 23.2 Å². The second kappa shape index (κ2) is 12.4. The third-order valence-corrected chi connectivity index (χ3v) is 12.3. The largest absolute Gasteiger partial charge is 0.458 e. The number of ether oxygens (including phenoxy) is 4. The number of benzene rings is 1. The second-order valence-electron chi connectivity index (χ2n) is 15.8. The number of epoxide rings is 1. The summed E-state index contributed by atoms with van der Waals surface area (Å²) >= 11 is 0. The molecule has 3 unspecified atom stereocenters. The number of nitrogens with one attached hydrogen (secondary N) is 2. The maximum atomic E-state index is 14.7. The zero-order valence-electron chi connectivity index (χ0n) is 28.3. The van der Waals surface area contributed by atoms with Gasteiger partial charge in [0.1, 0.15) is 35.9 Å².